The minimum atomic E-state index is -0.594. The van der Waals surface area contributed by atoms with Crippen LogP contribution in [0.4, 0.5) is 5.69 Å². The van der Waals surface area contributed by atoms with Crippen molar-refractivity contribution in [3.05, 3.63) is 22.8 Å². The number of carbonyl (C=O) groups is 2. The number of rotatable bonds is 3. The molecule has 0 bridgehead atoms. The van der Waals surface area contributed by atoms with Crippen LogP contribution in [0, 0.1) is 6.92 Å². The SMILES string of the molecule is Cc1cc2c(c3c1N(CNC(=O)[C@@H](C)N)C(=O)CC3)OCC2.Cl. The van der Waals surface area contributed by atoms with E-state index in [1.54, 1.807) is 11.8 Å². The predicted molar refractivity (Wildman–Crippen MR) is 90.1 cm³/mol. The number of ether oxygens (including phenoxy) is 1. The Labute approximate surface area is 141 Å². The fourth-order valence-electron chi connectivity index (χ4n) is 3.15. The molecule has 0 saturated heterocycles. The molecule has 0 fully saturated rings. The number of halogens is 1. The zero-order chi connectivity index (χ0) is 15.9. The number of hydrogen-bond donors (Lipinski definition) is 2. The fraction of sp³-hybridized carbons (Fsp3) is 0.500. The molecule has 0 radical (unpaired) electrons. The van der Waals surface area contributed by atoms with Crippen molar-refractivity contribution in [1.29, 1.82) is 0 Å². The number of benzene rings is 1. The highest BCUT2D eigenvalue weighted by Gasteiger charge is 2.31. The van der Waals surface area contributed by atoms with Gasteiger partial charge in [-0.3, -0.25) is 14.5 Å². The highest BCUT2D eigenvalue weighted by molar-refractivity contribution is 5.98. The lowest BCUT2D eigenvalue weighted by atomic mass is 9.94. The van der Waals surface area contributed by atoms with Gasteiger partial charge in [0.1, 0.15) is 5.75 Å². The molecule has 0 aromatic heterocycles. The smallest absolute Gasteiger partial charge is 0.238 e. The van der Waals surface area contributed by atoms with Gasteiger partial charge in [0, 0.05) is 18.4 Å². The summed E-state index contributed by atoms with van der Waals surface area (Å²) >= 11 is 0. The summed E-state index contributed by atoms with van der Waals surface area (Å²) in [4.78, 5) is 25.6. The molecule has 0 spiro atoms. The molecule has 2 aliphatic heterocycles. The number of nitrogens with one attached hydrogen (secondary N) is 1. The quantitative estimate of drug-likeness (QED) is 0.862. The molecule has 1 aromatic carbocycles. The Kier molecular flexibility index (Phi) is 5.16. The van der Waals surface area contributed by atoms with E-state index in [1.807, 2.05) is 6.92 Å². The van der Waals surface area contributed by atoms with E-state index in [-0.39, 0.29) is 30.9 Å². The van der Waals surface area contributed by atoms with Crippen LogP contribution in [0.1, 0.15) is 30.0 Å². The Morgan fingerprint density at radius 2 is 2.17 bits per heavy atom. The molecule has 6 nitrogen and oxygen atoms in total. The number of aryl methyl sites for hydroxylation is 1. The molecule has 2 aliphatic rings. The van der Waals surface area contributed by atoms with E-state index in [4.69, 9.17) is 10.5 Å². The molecule has 0 unspecified atom stereocenters. The third kappa shape index (κ3) is 3.14. The summed E-state index contributed by atoms with van der Waals surface area (Å²) < 4.78 is 5.75. The van der Waals surface area contributed by atoms with Crippen molar-refractivity contribution in [2.75, 3.05) is 18.2 Å². The van der Waals surface area contributed by atoms with Gasteiger partial charge in [0.25, 0.3) is 0 Å². The van der Waals surface area contributed by atoms with Crippen molar-refractivity contribution in [1.82, 2.24) is 5.32 Å². The van der Waals surface area contributed by atoms with Crippen molar-refractivity contribution in [2.45, 2.75) is 39.2 Å². The molecule has 126 valence electrons. The number of nitrogens with zero attached hydrogens (tertiary/aromatic N) is 1. The van der Waals surface area contributed by atoms with E-state index in [9.17, 15) is 9.59 Å². The number of anilines is 1. The van der Waals surface area contributed by atoms with E-state index in [1.165, 1.54) is 5.56 Å². The molecule has 23 heavy (non-hydrogen) atoms. The van der Waals surface area contributed by atoms with Crippen LogP contribution >= 0.6 is 12.4 Å². The number of amides is 2. The Bertz CT molecular complexity index is 646. The average Bonchev–Trinajstić information content (AvgIpc) is 2.93. The van der Waals surface area contributed by atoms with Gasteiger partial charge in [0.05, 0.1) is 25.0 Å². The molecule has 1 aromatic rings. The van der Waals surface area contributed by atoms with Gasteiger partial charge in [-0.1, -0.05) is 6.07 Å². The first-order chi connectivity index (χ1) is 10.5. The van der Waals surface area contributed by atoms with E-state index >= 15 is 0 Å². The largest absolute Gasteiger partial charge is 0.493 e. The molecule has 0 aliphatic carbocycles. The first-order valence-electron chi connectivity index (χ1n) is 7.61. The minimum absolute atomic E-state index is 0. The fourth-order valence-corrected chi connectivity index (χ4v) is 3.15. The average molecular weight is 340 g/mol. The third-order valence-corrected chi connectivity index (χ3v) is 4.22. The van der Waals surface area contributed by atoms with Crippen LogP contribution in [0.2, 0.25) is 0 Å². The molecule has 2 amide bonds. The predicted octanol–water partition coefficient (Wildman–Crippen LogP) is 1.05. The highest BCUT2D eigenvalue weighted by atomic mass is 35.5. The van der Waals surface area contributed by atoms with Crippen LogP contribution in [0.5, 0.6) is 5.75 Å². The maximum absolute atomic E-state index is 12.3. The first kappa shape index (κ1) is 17.6. The van der Waals surface area contributed by atoms with E-state index in [2.05, 4.69) is 11.4 Å². The van der Waals surface area contributed by atoms with Crippen molar-refractivity contribution in [3.8, 4) is 5.75 Å². The van der Waals surface area contributed by atoms with Gasteiger partial charge in [-0.2, -0.15) is 0 Å². The molecule has 2 heterocycles. The maximum Gasteiger partial charge on any atom is 0.238 e. The van der Waals surface area contributed by atoms with Crippen LogP contribution in [-0.2, 0) is 22.4 Å². The van der Waals surface area contributed by atoms with Crippen molar-refractivity contribution in [3.63, 3.8) is 0 Å². The molecule has 3 N–H and O–H groups in total. The lowest BCUT2D eigenvalue weighted by Crippen LogP contribution is -2.48. The summed E-state index contributed by atoms with van der Waals surface area (Å²) in [7, 11) is 0. The molecule has 3 rings (SSSR count). The van der Waals surface area contributed by atoms with Crippen LogP contribution in [0.25, 0.3) is 0 Å². The Balaban J connectivity index is 0.00000192. The van der Waals surface area contributed by atoms with Crippen LogP contribution in [-0.4, -0.2) is 31.1 Å². The molecule has 1 atom stereocenters. The monoisotopic (exact) mass is 339 g/mol. The zero-order valence-electron chi connectivity index (χ0n) is 13.3. The molecular weight excluding hydrogens is 318 g/mol. The number of nitrogens with two attached hydrogens (primary N) is 1. The second-order valence-corrected chi connectivity index (χ2v) is 5.92. The Hall–Kier alpha value is -1.79. The summed E-state index contributed by atoms with van der Waals surface area (Å²) in [5.74, 6) is 0.671. The van der Waals surface area contributed by atoms with Crippen LogP contribution < -0.4 is 20.7 Å². The number of carbonyl (C=O) groups excluding carboxylic acids is 2. The van der Waals surface area contributed by atoms with Gasteiger partial charge in [0.15, 0.2) is 0 Å². The Morgan fingerprint density at radius 3 is 2.87 bits per heavy atom. The number of hydrogen-bond acceptors (Lipinski definition) is 4. The summed E-state index contributed by atoms with van der Waals surface area (Å²) in [6.45, 7) is 4.45. The lowest BCUT2D eigenvalue weighted by molar-refractivity contribution is -0.122. The first-order valence-corrected chi connectivity index (χ1v) is 7.61. The summed E-state index contributed by atoms with van der Waals surface area (Å²) in [6, 6.07) is 1.49. The van der Waals surface area contributed by atoms with E-state index < -0.39 is 6.04 Å². The summed E-state index contributed by atoms with van der Waals surface area (Å²) in [5, 5.41) is 2.72. The van der Waals surface area contributed by atoms with Gasteiger partial charge in [-0.15, -0.1) is 12.4 Å². The molecular formula is C16H22ClN3O3. The van der Waals surface area contributed by atoms with Crippen LogP contribution in [0.15, 0.2) is 6.07 Å². The standard InChI is InChI=1S/C16H21N3O3.ClH/c1-9-7-11-5-6-22-15(11)12-3-4-13(20)19(14(9)12)8-18-16(21)10(2)17;/h7,10H,3-6,8,17H2,1-2H3,(H,18,21);1H/t10-;/m1./s1. The van der Waals surface area contributed by atoms with Gasteiger partial charge in [0.2, 0.25) is 11.8 Å². The summed E-state index contributed by atoms with van der Waals surface area (Å²) in [6.07, 6.45) is 2.04. The van der Waals surface area contributed by atoms with E-state index in [0.717, 1.165) is 29.0 Å². The summed E-state index contributed by atoms with van der Waals surface area (Å²) in [5.41, 5.74) is 9.77. The van der Waals surface area contributed by atoms with Crippen molar-refractivity contribution < 1.29 is 14.3 Å². The number of fused-ring (bicyclic) bond motifs is 3. The lowest BCUT2D eigenvalue weighted by Gasteiger charge is -2.32. The van der Waals surface area contributed by atoms with Gasteiger partial charge >= 0.3 is 0 Å². The maximum atomic E-state index is 12.3. The van der Waals surface area contributed by atoms with Crippen molar-refractivity contribution in [2.24, 2.45) is 5.73 Å². The normalized spacial score (nSPS) is 16.8. The second-order valence-electron chi connectivity index (χ2n) is 5.92. The van der Waals surface area contributed by atoms with Gasteiger partial charge in [-0.25, -0.2) is 0 Å². The molecule has 7 heteroatoms. The Morgan fingerprint density at radius 1 is 1.43 bits per heavy atom. The van der Waals surface area contributed by atoms with E-state index in [0.29, 0.717) is 19.4 Å². The second kappa shape index (κ2) is 6.76. The van der Waals surface area contributed by atoms with Crippen molar-refractivity contribution >= 4 is 29.9 Å². The third-order valence-electron chi connectivity index (χ3n) is 4.22. The van der Waals surface area contributed by atoms with Gasteiger partial charge in [-0.05, 0) is 31.4 Å². The van der Waals surface area contributed by atoms with Gasteiger partial charge < -0.3 is 15.8 Å². The minimum Gasteiger partial charge on any atom is -0.493 e. The topological polar surface area (TPSA) is 84.7 Å². The molecule has 0 saturated carbocycles. The highest BCUT2D eigenvalue weighted by Crippen LogP contribution is 2.42. The van der Waals surface area contributed by atoms with Crippen LogP contribution in [0.3, 0.4) is 0 Å². The zero-order valence-corrected chi connectivity index (χ0v) is 14.2.